The van der Waals surface area contributed by atoms with E-state index in [2.05, 4.69) is 15.2 Å². The normalized spacial score (nSPS) is 14.4. The first-order valence-electron chi connectivity index (χ1n) is 13.5. The first kappa shape index (κ1) is 31.7. The van der Waals surface area contributed by atoms with Crippen molar-refractivity contribution < 1.29 is 29.0 Å². The molecule has 3 N–H and O–H groups in total. The van der Waals surface area contributed by atoms with Gasteiger partial charge in [-0.15, -0.1) is 12.4 Å². The molecule has 222 valence electrons. The number of carboxylic acid groups (broad SMARTS) is 1. The topological polar surface area (TPSA) is 145 Å². The summed E-state index contributed by atoms with van der Waals surface area (Å²) in [5.41, 5.74) is 2.66. The van der Waals surface area contributed by atoms with Crippen LogP contribution in [-0.4, -0.2) is 78.4 Å². The number of fused-ring (bicyclic) bond motifs is 1. The predicted molar refractivity (Wildman–Crippen MR) is 157 cm³/mol. The molecule has 12 heteroatoms. The van der Waals surface area contributed by atoms with Crippen LogP contribution >= 0.6 is 12.4 Å². The van der Waals surface area contributed by atoms with Crippen LogP contribution in [0.3, 0.4) is 0 Å². The second-order valence-electron chi connectivity index (χ2n) is 11.0. The van der Waals surface area contributed by atoms with Gasteiger partial charge in [0.15, 0.2) is 23.8 Å². The number of nitrogens with zero attached hydrogens (tertiary/aromatic N) is 3. The lowest BCUT2D eigenvalue weighted by atomic mass is 9.84. The summed E-state index contributed by atoms with van der Waals surface area (Å²) in [7, 11) is 1.50. The third-order valence-electron chi connectivity index (χ3n) is 7.03. The molecule has 0 radical (unpaired) electrons. The minimum Gasteiger partial charge on any atom is -0.491 e. The minimum absolute atomic E-state index is 0. The van der Waals surface area contributed by atoms with Crippen molar-refractivity contribution in [3.63, 3.8) is 0 Å². The molecule has 2 aliphatic heterocycles. The number of Topliss-reactive ketones (excluding diaryl/α,β-unsaturated/α-hetero) is 1. The highest BCUT2D eigenvalue weighted by atomic mass is 35.5. The van der Waals surface area contributed by atoms with E-state index in [-0.39, 0.29) is 42.8 Å². The summed E-state index contributed by atoms with van der Waals surface area (Å²) < 4.78 is 11.4. The Bertz CT molecular complexity index is 1350. The number of amides is 1. The number of carbonyl (C=O) groups is 3. The Morgan fingerprint density at radius 3 is 2.39 bits per heavy atom. The van der Waals surface area contributed by atoms with Gasteiger partial charge in [0.1, 0.15) is 17.3 Å². The molecule has 0 atom stereocenters. The SMILES string of the molecule is CCOc1cc2c(nc1C(=O)NC)C(=N)N(CC(=O)c1cc(N3CCCC3)c(OCC(=O)O)c(C(C)(C)C)c1)C2.Cl. The number of benzene rings is 1. The van der Waals surface area contributed by atoms with Crippen LogP contribution in [0.5, 0.6) is 11.5 Å². The van der Waals surface area contributed by atoms with Crippen molar-refractivity contribution in [1.82, 2.24) is 15.2 Å². The molecular weight excluding hydrogens is 550 g/mol. The van der Waals surface area contributed by atoms with E-state index < -0.39 is 23.9 Å². The lowest BCUT2D eigenvalue weighted by Crippen LogP contribution is -2.31. The molecule has 1 aromatic carbocycles. The van der Waals surface area contributed by atoms with E-state index in [4.69, 9.17) is 14.9 Å². The monoisotopic (exact) mass is 587 g/mol. The van der Waals surface area contributed by atoms with E-state index in [1.807, 2.05) is 27.7 Å². The summed E-state index contributed by atoms with van der Waals surface area (Å²) in [6.07, 6.45) is 2.00. The number of aliphatic carboxylic acids is 1. The number of hydrogen-bond donors (Lipinski definition) is 3. The molecule has 1 fully saturated rings. The Balaban J connectivity index is 0.00000462. The molecule has 3 heterocycles. The van der Waals surface area contributed by atoms with Crippen molar-refractivity contribution in [3.8, 4) is 11.5 Å². The van der Waals surface area contributed by atoms with Crippen molar-refractivity contribution in [1.29, 1.82) is 5.41 Å². The number of ketones is 1. The number of anilines is 1. The Kier molecular flexibility index (Phi) is 9.85. The summed E-state index contributed by atoms with van der Waals surface area (Å²) in [6, 6.07) is 5.27. The summed E-state index contributed by atoms with van der Waals surface area (Å²) in [6.45, 7) is 9.48. The van der Waals surface area contributed by atoms with E-state index >= 15 is 0 Å². The van der Waals surface area contributed by atoms with Gasteiger partial charge in [0, 0.05) is 43.4 Å². The van der Waals surface area contributed by atoms with E-state index in [0.717, 1.165) is 31.5 Å². The highest BCUT2D eigenvalue weighted by Gasteiger charge is 2.32. The molecular formula is C29H38ClN5O6. The maximum atomic E-state index is 13.7. The number of halogens is 1. The first-order chi connectivity index (χ1) is 18.9. The van der Waals surface area contributed by atoms with Crippen LogP contribution in [0.25, 0.3) is 0 Å². The third-order valence-corrected chi connectivity index (χ3v) is 7.03. The number of carboxylic acids is 1. The number of carbonyl (C=O) groups excluding carboxylic acids is 2. The van der Waals surface area contributed by atoms with Gasteiger partial charge in [0.25, 0.3) is 5.91 Å². The fourth-order valence-electron chi connectivity index (χ4n) is 5.05. The molecule has 0 unspecified atom stereocenters. The largest absolute Gasteiger partial charge is 0.491 e. The highest BCUT2D eigenvalue weighted by Crippen LogP contribution is 2.41. The van der Waals surface area contributed by atoms with Crippen LogP contribution in [0.2, 0.25) is 0 Å². The summed E-state index contributed by atoms with van der Waals surface area (Å²) >= 11 is 0. The fraction of sp³-hybridized carbons (Fsp3) is 0.483. The van der Waals surface area contributed by atoms with Gasteiger partial charge in [0.05, 0.1) is 18.8 Å². The molecule has 1 aromatic heterocycles. The van der Waals surface area contributed by atoms with Crippen molar-refractivity contribution in [2.75, 3.05) is 44.8 Å². The first-order valence-corrected chi connectivity index (χ1v) is 13.5. The lowest BCUT2D eigenvalue weighted by molar-refractivity contribution is -0.139. The van der Waals surface area contributed by atoms with Crippen molar-refractivity contribution in [2.24, 2.45) is 0 Å². The standard InChI is InChI=1S/C29H37N5O6.ClH/c1-6-39-22-13-18-14-34(27(30)24(18)32-25(22)28(38)31-5)15-21(35)17-11-19(29(2,3)4)26(40-16-23(36)37)20(12-17)33-9-7-8-10-33;/h11-13,30H,6-10,14-16H2,1-5H3,(H,31,38)(H,36,37);1H. The molecule has 0 spiro atoms. The zero-order valence-electron chi connectivity index (χ0n) is 24.1. The van der Waals surface area contributed by atoms with Gasteiger partial charge in [-0.05, 0) is 43.4 Å². The molecule has 1 saturated heterocycles. The van der Waals surface area contributed by atoms with Crippen LogP contribution in [-0.2, 0) is 16.8 Å². The second kappa shape index (κ2) is 12.8. The smallest absolute Gasteiger partial charge is 0.341 e. The number of amidine groups is 1. The maximum absolute atomic E-state index is 13.7. The molecule has 0 saturated carbocycles. The van der Waals surface area contributed by atoms with Crippen LogP contribution in [0.1, 0.15) is 78.2 Å². The molecule has 41 heavy (non-hydrogen) atoms. The van der Waals surface area contributed by atoms with Gasteiger partial charge >= 0.3 is 5.97 Å². The summed E-state index contributed by atoms with van der Waals surface area (Å²) in [4.78, 5) is 45.6. The average molecular weight is 588 g/mol. The number of rotatable bonds is 10. The molecule has 11 nitrogen and oxygen atoms in total. The Hall–Kier alpha value is -3.86. The van der Waals surface area contributed by atoms with E-state index in [0.29, 0.717) is 40.6 Å². The Labute approximate surface area is 246 Å². The van der Waals surface area contributed by atoms with Gasteiger partial charge in [-0.1, -0.05) is 20.8 Å². The molecule has 4 rings (SSSR count). The zero-order valence-corrected chi connectivity index (χ0v) is 24.9. The van der Waals surface area contributed by atoms with Crippen LogP contribution in [0, 0.1) is 5.41 Å². The molecule has 1 amide bonds. The van der Waals surface area contributed by atoms with Crippen LogP contribution < -0.4 is 19.7 Å². The van der Waals surface area contributed by atoms with Crippen molar-refractivity contribution in [3.05, 3.63) is 46.3 Å². The molecule has 0 bridgehead atoms. The number of aromatic nitrogens is 1. The Morgan fingerprint density at radius 1 is 1.12 bits per heavy atom. The van der Waals surface area contributed by atoms with Gasteiger partial charge in [-0.25, -0.2) is 9.78 Å². The molecule has 2 aliphatic rings. The van der Waals surface area contributed by atoms with E-state index in [9.17, 15) is 19.5 Å². The summed E-state index contributed by atoms with van der Waals surface area (Å²) in [5, 5.41) is 20.5. The number of pyridine rings is 1. The number of nitrogens with one attached hydrogen (secondary N) is 2. The minimum atomic E-state index is -1.07. The van der Waals surface area contributed by atoms with Crippen molar-refractivity contribution in [2.45, 2.75) is 52.5 Å². The van der Waals surface area contributed by atoms with Gasteiger partial charge < -0.3 is 29.7 Å². The predicted octanol–water partition coefficient (Wildman–Crippen LogP) is 3.65. The van der Waals surface area contributed by atoms with Gasteiger partial charge in [0.2, 0.25) is 0 Å². The van der Waals surface area contributed by atoms with Crippen LogP contribution in [0.4, 0.5) is 5.69 Å². The quantitative estimate of drug-likeness (QED) is 0.355. The third kappa shape index (κ3) is 6.73. The molecule has 0 aliphatic carbocycles. The van der Waals surface area contributed by atoms with E-state index in [1.54, 1.807) is 23.1 Å². The van der Waals surface area contributed by atoms with Crippen LogP contribution in [0.15, 0.2) is 18.2 Å². The zero-order chi connectivity index (χ0) is 29.2. The molecule has 2 aromatic rings. The van der Waals surface area contributed by atoms with Crippen molar-refractivity contribution >= 4 is 41.6 Å². The summed E-state index contributed by atoms with van der Waals surface area (Å²) in [5.74, 6) is -0.783. The fourth-order valence-corrected chi connectivity index (χ4v) is 5.05. The number of hydrogen-bond acceptors (Lipinski definition) is 8. The number of ether oxygens (including phenoxy) is 2. The van der Waals surface area contributed by atoms with E-state index in [1.165, 1.54) is 7.05 Å². The highest BCUT2D eigenvalue weighted by molar-refractivity contribution is 6.06. The second-order valence-corrected chi connectivity index (χ2v) is 11.0. The van der Waals surface area contributed by atoms with Gasteiger partial charge in [-0.3, -0.25) is 15.0 Å². The maximum Gasteiger partial charge on any atom is 0.341 e. The van der Waals surface area contributed by atoms with Gasteiger partial charge in [-0.2, -0.15) is 0 Å². The Morgan fingerprint density at radius 2 is 1.80 bits per heavy atom. The average Bonchev–Trinajstić information content (AvgIpc) is 3.54. The lowest BCUT2D eigenvalue weighted by Gasteiger charge is -2.29.